The summed E-state index contributed by atoms with van der Waals surface area (Å²) < 4.78 is 6.36. The van der Waals surface area contributed by atoms with E-state index in [2.05, 4.69) is 169 Å². The molecular formula is C42H29NO. The van der Waals surface area contributed by atoms with Crippen LogP contribution in [0.25, 0.3) is 55.3 Å². The molecule has 7 aromatic carbocycles. The molecule has 44 heavy (non-hydrogen) atoms. The molecule has 0 saturated carbocycles. The lowest BCUT2D eigenvalue weighted by molar-refractivity contribution is 0.669. The smallest absolute Gasteiger partial charge is 0.137 e. The van der Waals surface area contributed by atoms with E-state index >= 15 is 0 Å². The van der Waals surface area contributed by atoms with Gasteiger partial charge in [0.2, 0.25) is 0 Å². The van der Waals surface area contributed by atoms with Crippen LogP contribution in [-0.4, -0.2) is 0 Å². The topological polar surface area (TPSA) is 16.4 Å². The van der Waals surface area contributed by atoms with Crippen LogP contribution in [0.3, 0.4) is 0 Å². The number of benzene rings is 7. The summed E-state index contributed by atoms with van der Waals surface area (Å²) in [5, 5.41) is 2.25. The molecule has 2 nitrogen and oxygen atoms in total. The van der Waals surface area contributed by atoms with Crippen LogP contribution in [0.1, 0.15) is 0 Å². The zero-order chi connectivity index (χ0) is 29.3. The zero-order valence-electron chi connectivity index (χ0n) is 24.1. The fourth-order valence-corrected chi connectivity index (χ4v) is 6.23. The van der Waals surface area contributed by atoms with Gasteiger partial charge in [-0.3, -0.25) is 0 Å². The molecule has 208 valence electrons. The highest BCUT2D eigenvalue weighted by Gasteiger charge is 2.21. The van der Waals surface area contributed by atoms with Gasteiger partial charge in [-0.15, -0.1) is 0 Å². The monoisotopic (exact) mass is 563 g/mol. The van der Waals surface area contributed by atoms with E-state index < -0.39 is 0 Å². The minimum atomic E-state index is 0.872. The van der Waals surface area contributed by atoms with Gasteiger partial charge < -0.3 is 9.32 Å². The first kappa shape index (κ1) is 25.8. The zero-order valence-corrected chi connectivity index (χ0v) is 24.1. The van der Waals surface area contributed by atoms with Crippen LogP contribution in [0.15, 0.2) is 180 Å². The number of furan rings is 1. The summed E-state index contributed by atoms with van der Waals surface area (Å²) in [6, 6.07) is 62.2. The van der Waals surface area contributed by atoms with Gasteiger partial charge in [0, 0.05) is 33.8 Å². The number of nitrogens with zero attached hydrogens (tertiary/aromatic N) is 1. The van der Waals surface area contributed by atoms with E-state index in [1.807, 2.05) is 12.1 Å². The van der Waals surface area contributed by atoms with Crippen LogP contribution in [0.2, 0.25) is 0 Å². The van der Waals surface area contributed by atoms with Crippen LogP contribution >= 0.6 is 0 Å². The summed E-state index contributed by atoms with van der Waals surface area (Å²) in [5.41, 5.74) is 12.0. The van der Waals surface area contributed by atoms with Gasteiger partial charge in [-0.2, -0.15) is 0 Å². The highest BCUT2D eigenvalue weighted by molar-refractivity contribution is 6.06. The van der Waals surface area contributed by atoms with E-state index in [-0.39, 0.29) is 0 Å². The summed E-state index contributed by atoms with van der Waals surface area (Å²) in [5.74, 6) is 0. The quantitative estimate of drug-likeness (QED) is 0.200. The first-order chi connectivity index (χ1) is 21.8. The molecule has 0 fully saturated rings. The van der Waals surface area contributed by atoms with Gasteiger partial charge in [0.1, 0.15) is 11.2 Å². The second kappa shape index (κ2) is 11.1. The van der Waals surface area contributed by atoms with Crippen LogP contribution < -0.4 is 4.90 Å². The Labute approximate surface area is 257 Å². The lowest BCUT2D eigenvalue weighted by Crippen LogP contribution is -2.11. The largest absolute Gasteiger partial charge is 0.456 e. The maximum Gasteiger partial charge on any atom is 0.137 e. The summed E-state index contributed by atoms with van der Waals surface area (Å²) in [6.45, 7) is 0. The lowest BCUT2D eigenvalue weighted by atomic mass is 9.90. The van der Waals surface area contributed by atoms with E-state index in [1.165, 1.54) is 27.8 Å². The third-order valence-electron chi connectivity index (χ3n) is 8.26. The van der Waals surface area contributed by atoms with Crippen molar-refractivity contribution in [3.05, 3.63) is 176 Å². The normalized spacial score (nSPS) is 11.2. The van der Waals surface area contributed by atoms with Crippen molar-refractivity contribution in [3.8, 4) is 33.4 Å². The molecule has 0 aliphatic heterocycles. The predicted octanol–water partition coefficient (Wildman–Crippen LogP) is 12.1. The van der Waals surface area contributed by atoms with E-state index in [1.54, 1.807) is 0 Å². The lowest BCUT2D eigenvalue weighted by Gasteiger charge is -2.29. The molecular weight excluding hydrogens is 534 g/mol. The molecule has 0 atom stereocenters. The molecule has 0 spiro atoms. The summed E-state index contributed by atoms with van der Waals surface area (Å²) >= 11 is 0. The second-order valence-electron chi connectivity index (χ2n) is 11.0. The molecule has 2 heteroatoms. The van der Waals surface area contributed by atoms with Gasteiger partial charge in [-0.1, -0.05) is 127 Å². The Morgan fingerprint density at radius 2 is 0.977 bits per heavy atom. The Morgan fingerprint density at radius 3 is 1.77 bits per heavy atom. The fourth-order valence-electron chi connectivity index (χ4n) is 6.23. The van der Waals surface area contributed by atoms with Gasteiger partial charge >= 0.3 is 0 Å². The van der Waals surface area contributed by atoms with E-state index in [4.69, 9.17) is 4.42 Å². The van der Waals surface area contributed by atoms with Gasteiger partial charge in [0.05, 0.1) is 5.69 Å². The van der Waals surface area contributed by atoms with Crippen LogP contribution in [0, 0.1) is 0 Å². The maximum atomic E-state index is 6.36. The minimum absolute atomic E-state index is 0.872. The molecule has 0 unspecified atom stereocenters. The molecule has 1 heterocycles. The maximum absolute atomic E-state index is 6.36. The Bertz CT molecular complexity index is 2220. The molecule has 0 saturated heterocycles. The Kier molecular flexibility index (Phi) is 6.51. The van der Waals surface area contributed by atoms with Crippen LogP contribution in [0.4, 0.5) is 17.1 Å². The van der Waals surface area contributed by atoms with Crippen molar-refractivity contribution in [1.82, 2.24) is 0 Å². The van der Waals surface area contributed by atoms with Crippen molar-refractivity contribution in [3.63, 3.8) is 0 Å². The van der Waals surface area contributed by atoms with Gasteiger partial charge in [-0.25, -0.2) is 0 Å². The summed E-state index contributed by atoms with van der Waals surface area (Å²) in [6.07, 6.45) is 0. The predicted molar refractivity (Wildman–Crippen MR) is 185 cm³/mol. The number of fused-ring (bicyclic) bond motifs is 3. The number of hydrogen-bond donors (Lipinski definition) is 0. The Morgan fingerprint density at radius 1 is 0.364 bits per heavy atom. The summed E-state index contributed by atoms with van der Waals surface area (Å²) in [4.78, 5) is 2.35. The molecule has 0 amide bonds. The highest BCUT2D eigenvalue weighted by atomic mass is 16.3. The van der Waals surface area contributed by atoms with Crippen molar-refractivity contribution in [1.29, 1.82) is 0 Å². The third kappa shape index (κ3) is 4.63. The van der Waals surface area contributed by atoms with Crippen LogP contribution in [0.5, 0.6) is 0 Å². The average molecular weight is 564 g/mol. The van der Waals surface area contributed by atoms with E-state index in [0.29, 0.717) is 0 Å². The van der Waals surface area contributed by atoms with Crippen molar-refractivity contribution >= 4 is 39.0 Å². The molecule has 8 rings (SSSR count). The molecule has 0 aliphatic carbocycles. The van der Waals surface area contributed by atoms with Gasteiger partial charge in [-0.05, 0) is 70.3 Å². The molecule has 0 N–H and O–H groups in total. The molecule has 8 aromatic rings. The number of hydrogen-bond acceptors (Lipinski definition) is 2. The van der Waals surface area contributed by atoms with Crippen molar-refractivity contribution < 1.29 is 4.42 Å². The summed E-state index contributed by atoms with van der Waals surface area (Å²) in [7, 11) is 0. The molecule has 0 aliphatic rings. The van der Waals surface area contributed by atoms with E-state index in [0.717, 1.165) is 44.6 Å². The average Bonchev–Trinajstić information content (AvgIpc) is 3.48. The Hall–Kier alpha value is -5.86. The van der Waals surface area contributed by atoms with Crippen molar-refractivity contribution in [2.75, 3.05) is 4.90 Å². The fraction of sp³-hybridized carbons (Fsp3) is 0. The Balaban J connectivity index is 1.40. The van der Waals surface area contributed by atoms with E-state index in [9.17, 15) is 0 Å². The molecule has 1 aromatic heterocycles. The number of para-hydroxylation sites is 2. The second-order valence-corrected chi connectivity index (χ2v) is 11.0. The first-order valence-corrected chi connectivity index (χ1v) is 14.9. The number of rotatable bonds is 6. The molecule has 0 radical (unpaired) electrons. The van der Waals surface area contributed by atoms with Crippen LogP contribution in [-0.2, 0) is 0 Å². The van der Waals surface area contributed by atoms with Crippen molar-refractivity contribution in [2.45, 2.75) is 0 Å². The first-order valence-electron chi connectivity index (χ1n) is 14.9. The van der Waals surface area contributed by atoms with Crippen molar-refractivity contribution in [2.24, 2.45) is 0 Å². The third-order valence-corrected chi connectivity index (χ3v) is 8.26. The SMILES string of the molecule is c1ccc(-c2cccc(-c3c(-c4ccccc4)cccc3N(c3ccccc3)c3ccc4c(c3)oc3ccccc34)c2)cc1. The standard InChI is InChI=1S/C42H29NO/c1-4-14-30(15-5-1)32-18-12-19-33(28-32)42-36(31-16-6-2-7-17-31)23-13-24-39(42)43(34-20-8-3-9-21-34)35-26-27-38-37-22-10-11-25-40(37)44-41(38)29-35/h1-29H. The van der Waals surface area contributed by atoms with Gasteiger partial charge in [0.15, 0.2) is 0 Å². The highest BCUT2D eigenvalue weighted by Crippen LogP contribution is 2.46. The minimum Gasteiger partial charge on any atom is -0.456 e. The van der Waals surface area contributed by atoms with Gasteiger partial charge in [0.25, 0.3) is 0 Å². The molecule has 0 bridgehead atoms. The number of anilines is 3.